The Morgan fingerprint density at radius 1 is 1.47 bits per heavy atom. The molecule has 0 spiro atoms. The van der Waals surface area contributed by atoms with Crippen LogP contribution < -0.4 is 5.32 Å². The van der Waals surface area contributed by atoms with Crippen LogP contribution in [0.2, 0.25) is 0 Å². The Hall–Kier alpha value is -0.480. The summed E-state index contributed by atoms with van der Waals surface area (Å²) >= 11 is 5.40. The van der Waals surface area contributed by atoms with Gasteiger partial charge in [0.15, 0.2) is 0 Å². The van der Waals surface area contributed by atoms with Crippen LogP contribution in [0.4, 0.5) is 5.69 Å². The molecular formula is C13H16BrNOS. The largest absolute Gasteiger partial charge is 0.325 e. The summed E-state index contributed by atoms with van der Waals surface area (Å²) in [5.41, 5.74) is 0.862. The fourth-order valence-corrected chi connectivity index (χ4v) is 3.53. The summed E-state index contributed by atoms with van der Waals surface area (Å²) in [4.78, 5) is 11.9. The first-order chi connectivity index (χ1) is 8.25. The van der Waals surface area contributed by atoms with Crippen molar-refractivity contribution < 1.29 is 4.79 Å². The van der Waals surface area contributed by atoms with E-state index in [2.05, 4.69) is 21.2 Å². The van der Waals surface area contributed by atoms with Crippen molar-refractivity contribution in [1.82, 2.24) is 0 Å². The molecule has 0 saturated carbocycles. The minimum Gasteiger partial charge on any atom is -0.325 e. The average Bonchev–Trinajstić information content (AvgIpc) is 2.33. The maximum atomic E-state index is 11.9. The van der Waals surface area contributed by atoms with Crippen LogP contribution >= 0.6 is 27.7 Å². The molecule has 2 rings (SSSR count). The third-order valence-electron chi connectivity index (χ3n) is 2.88. The second kappa shape index (κ2) is 6.45. The van der Waals surface area contributed by atoms with E-state index in [1.165, 1.54) is 18.6 Å². The van der Waals surface area contributed by atoms with Crippen LogP contribution in [0.5, 0.6) is 0 Å². The lowest BCUT2D eigenvalue weighted by Gasteiger charge is -2.20. The first-order valence-electron chi connectivity index (χ1n) is 5.88. The molecule has 1 unspecified atom stereocenters. The predicted molar refractivity (Wildman–Crippen MR) is 77.4 cm³/mol. The zero-order valence-electron chi connectivity index (χ0n) is 9.62. The van der Waals surface area contributed by atoms with E-state index in [-0.39, 0.29) is 5.91 Å². The van der Waals surface area contributed by atoms with Crippen LogP contribution in [0.1, 0.15) is 19.3 Å². The molecule has 0 radical (unpaired) electrons. The Morgan fingerprint density at radius 2 is 2.29 bits per heavy atom. The first kappa shape index (κ1) is 13.0. The van der Waals surface area contributed by atoms with E-state index in [1.807, 2.05) is 36.0 Å². The van der Waals surface area contributed by atoms with Crippen molar-refractivity contribution in [1.29, 1.82) is 0 Å². The monoisotopic (exact) mass is 313 g/mol. The summed E-state index contributed by atoms with van der Waals surface area (Å²) in [5, 5.41) is 2.96. The molecule has 1 saturated heterocycles. The van der Waals surface area contributed by atoms with Crippen molar-refractivity contribution in [3.63, 3.8) is 0 Å². The van der Waals surface area contributed by atoms with E-state index in [0.29, 0.717) is 12.3 Å². The number of anilines is 1. The van der Waals surface area contributed by atoms with Crippen molar-refractivity contribution in [2.75, 3.05) is 16.8 Å². The van der Waals surface area contributed by atoms with Gasteiger partial charge in [0.2, 0.25) is 5.91 Å². The third-order valence-corrected chi connectivity index (χ3v) is 4.85. The summed E-state index contributed by atoms with van der Waals surface area (Å²) in [5.74, 6) is 3.06. The molecule has 1 aromatic carbocycles. The second-order valence-electron chi connectivity index (χ2n) is 4.32. The number of halogens is 1. The van der Waals surface area contributed by atoms with E-state index < -0.39 is 0 Å². The molecule has 1 fully saturated rings. The van der Waals surface area contributed by atoms with Crippen LogP contribution in [0.25, 0.3) is 0 Å². The highest BCUT2D eigenvalue weighted by atomic mass is 79.9. The highest BCUT2D eigenvalue weighted by molar-refractivity contribution is 9.10. The molecule has 2 nitrogen and oxygen atoms in total. The zero-order valence-corrected chi connectivity index (χ0v) is 12.0. The highest BCUT2D eigenvalue weighted by Crippen LogP contribution is 2.26. The fraction of sp³-hybridized carbons (Fsp3) is 0.462. The molecule has 4 heteroatoms. The number of carbonyl (C=O) groups excluding carboxylic acids is 1. The van der Waals surface area contributed by atoms with E-state index >= 15 is 0 Å². The molecule has 1 atom stereocenters. The molecule has 17 heavy (non-hydrogen) atoms. The lowest BCUT2D eigenvalue weighted by Crippen LogP contribution is -2.20. The molecular weight excluding hydrogens is 298 g/mol. The Balaban J connectivity index is 1.86. The molecule has 1 aliphatic rings. The van der Waals surface area contributed by atoms with Crippen LogP contribution in [0, 0.1) is 5.92 Å². The normalized spacial score (nSPS) is 19.9. The Labute approximate surface area is 115 Å². The van der Waals surface area contributed by atoms with Crippen LogP contribution in [0.15, 0.2) is 28.7 Å². The van der Waals surface area contributed by atoms with Crippen molar-refractivity contribution >= 4 is 39.3 Å². The number of nitrogens with one attached hydrogen (secondary N) is 1. The van der Waals surface area contributed by atoms with Crippen molar-refractivity contribution in [3.8, 4) is 0 Å². The van der Waals surface area contributed by atoms with E-state index in [4.69, 9.17) is 0 Å². The molecule has 1 heterocycles. The van der Waals surface area contributed by atoms with E-state index in [1.54, 1.807) is 0 Å². The van der Waals surface area contributed by atoms with Gasteiger partial charge in [-0.1, -0.05) is 12.1 Å². The van der Waals surface area contributed by atoms with Crippen molar-refractivity contribution in [2.45, 2.75) is 19.3 Å². The SMILES string of the molecule is O=C(CC1CCCSC1)Nc1ccccc1Br. The summed E-state index contributed by atoms with van der Waals surface area (Å²) < 4.78 is 0.936. The predicted octanol–water partition coefficient (Wildman–Crippen LogP) is 3.92. The Bertz CT molecular complexity index is 391. The van der Waals surface area contributed by atoms with Gasteiger partial charge in [0.25, 0.3) is 0 Å². The quantitative estimate of drug-likeness (QED) is 0.916. The number of carbonyl (C=O) groups is 1. The molecule has 0 aliphatic carbocycles. The lowest BCUT2D eigenvalue weighted by molar-refractivity contribution is -0.117. The summed E-state index contributed by atoms with van der Waals surface area (Å²) in [7, 11) is 0. The smallest absolute Gasteiger partial charge is 0.224 e. The number of rotatable bonds is 3. The second-order valence-corrected chi connectivity index (χ2v) is 6.32. The van der Waals surface area contributed by atoms with Crippen molar-refractivity contribution in [2.24, 2.45) is 5.92 Å². The molecule has 1 N–H and O–H groups in total. The molecule has 92 valence electrons. The number of para-hydroxylation sites is 1. The van der Waals surface area contributed by atoms with Crippen molar-refractivity contribution in [3.05, 3.63) is 28.7 Å². The van der Waals surface area contributed by atoms with Gasteiger partial charge in [0.1, 0.15) is 0 Å². The number of amides is 1. The van der Waals surface area contributed by atoms with Gasteiger partial charge in [-0.3, -0.25) is 4.79 Å². The van der Waals surface area contributed by atoms with E-state index in [9.17, 15) is 4.79 Å². The summed E-state index contributed by atoms with van der Waals surface area (Å²) in [6, 6.07) is 7.72. The highest BCUT2D eigenvalue weighted by Gasteiger charge is 2.17. The summed E-state index contributed by atoms with van der Waals surface area (Å²) in [6.07, 6.45) is 3.09. The standard InChI is InChI=1S/C13H16BrNOS/c14-11-5-1-2-6-12(11)15-13(16)8-10-4-3-7-17-9-10/h1-2,5-6,10H,3-4,7-9H2,(H,15,16). The third kappa shape index (κ3) is 4.03. The van der Waals surface area contributed by atoms with Gasteiger partial charge in [-0.05, 0) is 58.3 Å². The van der Waals surface area contributed by atoms with Crippen LogP contribution in [-0.4, -0.2) is 17.4 Å². The number of benzene rings is 1. The van der Waals surface area contributed by atoms with Gasteiger partial charge in [0, 0.05) is 10.9 Å². The minimum atomic E-state index is 0.129. The van der Waals surface area contributed by atoms with Gasteiger partial charge in [0.05, 0.1) is 5.69 Å². The minimum absolute atomic E-state index is 0.129. The molecule has 1 amide bonds. The fourth-order valence-electron chi connectivity index (χ4n) is 1.99. The van der Waals surface area contributed by atoms with Gasteiger partial charge in [-0.2, -0.15) is 11.8 Å². The van der Waals surface area contributed by atoms with E-state index in [0.717, 1.165) is 15.9 Å². The van der Waals surface area contributed by atoms with Gasteiger partial charge in [-0.15, -0.1) is 0 Å². The maximum absolute atomic E-state index is 11.9. The zero-order chi connectivity index (χ0) is 12.1. The molecule has 1 aliphatic heterocycles. The average molecular weight is 314 g/mol. The number of hydrogen-bond donors (Lipinski definition) is 1. The van der Waals surface area contributed by atoms with Gasteiger partial charge >= 0.3 is 0 Å². The number of thioether (sulfide) groups is 1. The van der Waals surface area contributed by atoms with Crippen LogP contribution in [-0.2, 0) is 4.79 Å². The lowest BCUT2D eigenvalue weighted by atomic mass is 10.0. The van der Waals surface area contributed by atoms with Crippen LogP contribution in [0.3, 0.4) is 0 Å². The van der Waals surface area contributed by atoms with Gasteiger partial charge in [-0.25, -0.2) is 0 Å². The topological polar surface area (TPSA) is 29.1 Å². The molecule has 0 bridgehead atoms. The first-order valence-corrected chi connectivity index (χ1v) is 7.82. The number of hydrogen-bond acceptors (Lipinski definition) is 2. The Morgan fingerprint density at radius 3 is 3.00 bits per heavy atom. The molecule has 1 aromatic rings. The maximum Gasteiger partial charge on any atom is 0.224 e. The Kier molecular flexibility index (Phi) is 4.92. The van der Waals surface area contributed by atoms with Gasteiger partial charge < -0.3 is 5.32 Å². The summed E-state index contributed by atoms with van der Waals surface area (Å²) in [6.45, 7) is 0. The molecule has 0 aromatic heterocycles.